The predicted molar refractivity (Wildman–Crippen MR) is 82.2 cm³/mol. The van der Waals surface area contributed by atoms with Gasteiger partial charge in [-0.05, 0) is 18.1 Å². The summed E-state index contributed by atoms with van der Waals surface area (Å²) in [7, 11) is 1.45. The fourth-order valence-electron chi connectivity index (χ4n) is 1.63. The van der Waals surface area contributed by atoms with Crippen LogP contribution >= 0.6 is 0 Å². The molecule has 0 heterocycles. The van der Waals surface area contributed by atoms with Gasteiger partial charge in [0.05, 0.1) is 0 Å². The molecule has 1 rings (SSSR count). The molecular formula is C15H21N3O4. The largest absolute Gasteiger partial charge is 0.454 e. The van der Waals surface area contributed by atoms with Crippen molar-refractivity contribution in [2.75, 3.05) is 19.0 Å². The maximum Gasteiger partial charge on any atom is 0.329 e. The smallest absolute Gasteiger partial charge is 0.329 e. The van der Waals surface area contributed by atoms with Crippen LogP contribution in [0.15, 0.2) is 30.3 Å². The van der Waals surface area contributed by atoms with E-state index in [9.17, 15) is 14.4 Å². The van der Waals surface area contributed by atoms with Crippen LogP contribution in [0.5, 0.6) is 0 Å². The molecule has 1 aromatic rings. The zero-order valence-electron chi connectivity index (χ0n) is 12.9. The molecule has 120 valence electrons. The molecule has 7 nitrogen and oxygen atoms in total. The Morgan fingerprint density at radius 3 is 2.32 bits per heavy atom. The Labute approximate surface area is 129 Å². The van der Waals surface area contributed by atoms with E-state index < -0.39 is 23.9 Å². The maximum atomic E-state index is 11.9. The molecule has 7 heteroatoms. The van der Waals surface area contributed by atoms with Gasteiger partial charge in [-0.15, -0.1) is 0 Å². The lowest BCUT2D eigenvalue weighted by atomic mass is 10.1. The number of carbonyl (C=O) groups is 3. The number of benzene rings is 1. The topological polar surface area (TPSA) is 96.5 Å². The van der Waals surface area contributed by atoms with E-state index in [1.807, 2.05) is 6.07 Å². The SMILES string of the molecule is CNC(=O)COC(=O)[C@@H](NC(=O)Nc1ccccc1)C(C)C. The number of rotatable bonds is 6. The third kappa shape index (κ3) is 5.82. The molecule has 0 fully saturated rings. The molecule has 1 aromatic carbocycles. The molecule has 0 saturated heterocycles. The van der Waals surface area contributed by atoms with Crippen LogP contribution in [0.3, 0.4) is 0 Å². The van der Waals surface area contributed by atoms with E-state index in [-0.39, 0.29) is 12.5 Å². The van der Waals surface area contributed by atoms with Gasteiger partial charge in [0.15, 0.2) is 6.61 Å². The number of hydrogen-bond acceptors (Lipinski definition) is 4. The predicted octanol–water partition coefficient (Wildman–Crippen LogP) is 1.12. The number of ether oxygens (including phenoxy) is 1. The Kier molecular flexibility index (Phi) is 6.88. The molecule has 3 amide bonds. The summed E-state index contributed by atoms with van der Waals surface area (Å²) >= 11 is 0. The standard InChI is InChI=1S/C15H21N3O4/c1-10(2)13(14(20)22-9-12(19)16-3)18-15(21)17-11-7-5-4-6-8-11/h4-8,10,13H,9H2,1-3H3,(H,16,19)(H2,17,18,21)/t13-/m0/s1. The lowest BCUT2D eigenvalue weighted by Crippen LogP contribution is -2.47. The summed E-state index contributed by atoms with van der Waals surface area (Å²) in [4.78, 5) is 34.9. The number of urea groups is 1. The summed E-state index contributed by atoms with van der Waals surface area (Å²) in [6.07, 6.45) is 0. The number of carbonyl (C=O) groups excluding carboxylic acids is 3. The summed E-state index contributed by atoms with van der Waals surface area (Å²) in [6.45, 7) is 3.17. The summed E-state index contributed by atoms with van der Waals surface area (Å²) < 4.78 is 4.88. The van der Waals surface area contributed by atoms with E-state index in [2.05, 4.69) is 16.0 Å². The summed E-state index contributed by atoms with van der Waals surface area (Å²) in [5.41, 5.74) is 0.612. The van der Waals surface area contributed by atoms with Gasteiger partial charge in [-0.2, -0.15) is 0 Å². The van der Waals surface area contributed by atoms with Crippen molar-refractivity contribution in [2.45, 2.75) is 19.9 Å². The normalized spacial score (nSPS) is 11.5. The van der Waals surface area contributed by atoms with E-state index in [0.29, 0.717) is 5.69 Å². The lowest BCUT2D eigenvalue weighted by molar-refractivity contribution is -0.151. The number of esters is 1. The highest BCUT2D eigenvalue weighted by atomic mass is 16.5. The van der Waals surface area contributed by atoms with Gasteiger partial charge in [-0.3, -0.25) is 4.79 Å². The van der Waals surface area contributed by atoms with Crippen molar-refractivity contribution in [3.05, 3.63) is 30.3 Å². The highest BCUT2D eigenvalue weighted by Gasteiger charge is 2.26. The average molecular weight is 307 g/mol. The second-order valence-corrected chi connectivity index (χ2v) is 4.97. The van der Waals surface area contributed by atoms with Crippen molar-refractivity contribution < 1.29 is 19.1 Å². The molecule has 0 spiro atoms. The van der Waals surface area contributed by atoms with Gasteiger partial charge in [0.1, 0.15) is 6.04 Å². The highest BCUT2D eigenvalue weighted by Crippen LogP contribution is 2.07. The monoisotopic (exact) mass is 307 g/mol. The minimum absolute atomic E-state index is 0.182. The number of anilines is 1. The molecule has 0 saturated carbocycles. The van der Waals surface area contributed by atoms with Gasteiger partial charge in [0.2, 0.25) is 0 Å². The van der Waals surface area contributed by atoms with Gasteiger partial charge in [-0.1, -0.05) is 32.0 Å². The Morgan fingerprint density at radius 1 is 1.14 bits per heavy atom. The fraction of sp³-hybridized carbons (Fsp3) is 0.400. The number of para-hydroxylation sites is 1. The quantitative estimate of drug-likeness (QED) is 0.686. The summed E-state index contributed by atoms with van der Waals surface area (Å²) in [5, 5.41) is 7.52. The third-order valence-corrected chi connectivity index (χ3v) is 2.86. The number of hydrogen-bond donors (Lipinski definition) is 3. The summed E-state index contributed by atoms with van der Waals surface area (Å²) in [6, 6.07) is 7.51. The first-order valence-corrected chi connectivity index (χ1v) is 6.93. The van der Waals surface area contributed by atoms with E-state index >= 15 is 0 Å². The zero-order valence-corrected chi connectivity index (χ0v) is 12.9. The second kappa shape index (κ2) is 8.66. The van der Waals surface area contributed by atoms with Crippen molar-refractivity contribution in [3.63, 3.8) is 0 Å². The van der Waals surface area contributed by atoms with Crippen molar-refractivity contribution in [2.24, 2.45) is 5.92 Å². The Hall–Kier alpha value is -2.57. The lowest BCUT2D eigenvalue weighted by Gasteiger charge is -2.20. The molecule has 0 aliphatic carbocycles. The minimum Gasteiger partial charge on any atom is -0.454 e. The number of amides is 3. The van der Waals surface area contributed by atoms with Crippen LogP contribution in [0, 0.1) is 5.92 Å². The van der Waals surface area contributed by atoms with E-state index in [0.717, 1.165) is 0 Å². The first-order chi connectivity index (χ1) is 10.4. The molecule has 0 aliphatic heterocycles. The van der Waals surface area contributed by atoms with Gasteiger partial charge in [0.25, 0.3) is 5.91 Å². The van der Waals surface area contributed by atoms with Crippen molar-refractivity contribution >= 4 is 23.6 Å². The number of likely N-dealkylation sites (N-methyl/N-ethyl adjacent to an activating group) is 1. The average Bonchev–Trinajstić information content (AvgIpc) is 2.50. The molecule has 3 N–H and O–H groups in total. The van der Waals surface area contributed by atoms with Crippen LogP contribution < -0.4 is 16.0 Å². The van der Waals surface area contributed by atoms with Crippen LogP contribution in [0.25, 0.3) is 0 Å². The third-order valence-electron chi connectivity index (χ3n) is 2.86. The molecule has 1 atom stereocenters. The first-order valence-electron chi connectivity index (χ1n) is 6.93. The fourth-order valence-corrected chi connectivity index (χ4v) is 1.63. The van der Waals surface area contributed by atoms with Crippen molar-refractivity contribution in [3.8, 4) is 0 Å². The molecule has 22 heavy (non-hydrogen) atoms. The van der Waals surface area contributed by atoms with Crippen LogP contribution in [0.1, 0.15) is 13.8 Å². The minimum atomic E-state index is -0.839. The molecule has 0 unspecified atom stereocenters. The second-order valence-electron chi connectivity index (χ2n) is 4.97. The maximum absolute atomic E-state index is 11.9. The van der Waals surface area contributed by atoms with Crippen molar-refractivity contribution in [1.29, 1.82) is 0 Å². The van der Waals surface area contributed by atoms with Crippen molar-refractivity contribution in [1.82, 2.24) is 10.6 Å². The molecular weight excluding hydrogens is 286 g/mol. The van der Waals surface area contributed by atoms with E-state index in [1.54, 1.807) is 38.1 Å². The Bertz CT molecular complexity index is 517. The molecule has 0 radical (unpaired) electrons. The van der Waals surface area contributed by atoms with Gasteiger partial charge >= 0.3 is 12.0 Å². The van der Waals surface area contributed by atoms with Gasteiger partial charge < -0.3 is 20.7 Å². The number of nitrogens with one attached hydrogen (secondary N) is 3. The highest BCUT2D eigenvalue weighted by molar-refractivity contribution is 5.93. The summed E-state index contributed by atoms with van der Waals surface area (Å²) in [5.74, 6) is -1.25. The molecule has 0 aromatic heterocycles. The molecule has 0 aliphatic rings. The van der Waals surface area contributed by atoms with Crippen LogP contribution in [0.2, 0.25) is 0 Å². The Morgan fingerprint density at radius 2 is 1.77 bits per heavy atom. The Balaban J connectivity index is 2.58. The van der Waals surface area contributed by atoms with Crippen LogP contribution in [-0.2, 0) is 14.3 Å². The van der Waals surface area contributed by atoms with E-state index in [4.69, 9.17) is 4.74 Å². The van der Waals surface area contributed by atoms with Gasteiger partial charge in [0, 0.05) is 12.7 Å². The van der Waals surface area contributed by atoms with E-state index in [1.165, 1.54) is 7.05 Å². The molecule has 0 bridgehead atoms. The zero-order chi connectivity index (χ0) is 16.5. The first kappa shape index (κ1) is 17.5. The van der Waals surface area contributed by atoms with Crippen LogP contribution in [-0.4, -0.2) is 37.6 Å². The van der Waals surface area contributed by atoms with Gasteiger partial charge in [-0.25, -0.2) is 9.59 Å². The van der Waals surface area contributed by atoms with Crippen LogP contribution in [0.4, 0.5) is 10.5 Å².